The third-order valence-electron chi connectivity index (χ3n) is 3.61. The van der Waals surface area contributed by atoms with Crippen molar-refractivity contribution in [3.63, 3.8) is 0 Å². The molecule has 0 spiro atoms. The summed E-state index contributed by atoms with van der Waals surface area (Å²) in [6.45, 7) is 1.19. The zero-order valence-electron chi connectivity index (χ0n) is 12.1. The van der Waals surface area contributed by atoms with Crippen LogP contribution in [0.25, 0.3) is 0 Å². The van der Waals surface area contributed by atoms with Gasteiger partial charge in [-0.05, 0) is 32.0 Å². The highest BCUT2D eigenvalue weighted by atomic mass is 16.4. The third kappa shape index (κ3) is 5.53. The van der Waals surface area contributed by atoms with Crippen LogP contribution in [0.3, 0.4) is 0 Å². The Morgan fingerprint density at radius 2 is 1.76 bits per heavy atom. The normalized spacial score (nSPS) is 20.0. The molecule has 6 heteroatoms. The number of likely N-dealkylation sites (tertiary alicyclic amines) is 1. The van der Waals surface area contributed by atoms with Crippen molar-refractivity contribution in [2.75, 3.05) is 13.6 Å². The number of carboxylic acids is 2. The fourth-order valence-electron chi connectivity index (χ4n) is 2.45. The minimum absolute atomic E-state index is 0.163. The van der Waals surface area contributed by atoms with E-state index in [0.29, 0.717) is 6.04 Å². The number of hydrogen-bond acceptors (Lipinski definition) is 4. The molecule has 1 aliphatic rings. The lowest BCUT2D eigenvalue weighted by atomic mass is 9.92. The summed E-state index contributed by atoms with van der Waals surface area (Å²) in [5, 5.41) is 14.8. The summed E-state index contributed by atoms with van der Waals surface area (Å²) in [4.78, 5) is 20.6. The van der Waals surface area contributed by atoms with E-state index in [4.69, 9.17) is 25.5 Å². The summed E-state index contributed by atoms with van der Waals surface area (Å²) in [7, 11) is 2.19. The molecule has 0 aliphatic carbocycles. The number of carboxylic acid groups (broad SMARTS) is 2. The molecule has 21 heavy (non-hydrogen) atoms. The largest absolute Gasteiger partial charge is 0.473 e. The average Bonchev–Trinajstić information content (AvgIpc) is 2.48. The van der Waals surface area contributed by atoms with E-state index in [0.717, 1.165) is 0 Å². The number of hydrogen-bond donors (Lipinski definition) is 3. The number of likely N-dealkylation sites (N-methyl/N-ethyl adjacent to an activating group) is 1. The molecule has 0 amide bonds. The van der Waals surface area contributed by atoms with Crippen LogP contribution < -0.4 is 5.73 Å². The van der Waals surface area contributed by atoms with Gasteiger partial charge in [-0.3, -0.25) is 0 Å². The van der Waals surface area contributed by atoms with Gasteiger partial charge in [0.05, 0.1) is 0 Å². The molecular formula is C15H22N2O4. The van der Waals surface area contributed by atoms with Gasteiger partial charge in [-0.2, -0.15) is 0 Å². The third-order valence-corrected chi connectivity index (χ3v) is 3.61. The number of piperidine rings is 1. The lowest BCUT2D eigenvalue weighted by Crippen LogP contribution is -2.43. The quantitative estimate of drug-likeness (QED) is 0.711. The predicted octanol–water partition coefficient (Wildman–Crippen LogP) is 1.33. The number of benzene rings is 1. The smallest absolute Gasteiger partial charge is 0.414 e. The standard InChI is InChI=1S/C13H20N2.C2H2O4/c1-15-10-6-5-9-12(15)13(14)11-7-3-2-4-8-11;3-1(4)2(5)6/h2-4,7-8,12-13H,5-6,9-10,14H2,1H3;(H,3,4)(H,5,6)/t12-,13-;/m1./s1. The Hall–Kier alpha value is -1.92. The number of aliphatic carboxylic acids is 2. The van der Waals surface area contributed by atoms with Crippen molar-refractivity contribution in [1.82, 2.24) is 4.90 Å². The number of nitrogens with two attached hydrogens (primary N) is 1. The molecule has 0 unspecified atom stereocenters. The highest BCUT2D eigenvalue weighted by molar-refractivity contribution is 6.27. The van der Waals surface area contributed by atoms with Crippen molar-refractivity contribution < 1.29 is 19.8 Å². The van der Waals surface area contributed by atoms with Crippen molar-refractivity contribution in [2.24, 2.45) is 5.73 Å². The first-order valence-corrected chi connectivity index (χ1v) is 6.90. The second kappa shape index (κ2) is 8.39. The molecule has 2 rings (SSSR count). The molecule has 1 fully saturated rings. The molecular weight excluding hydrogens is 272 g/mol. The fraction of sp³-hybridized carbons (Fsp3) is 0.467. The van der Waals surface area contributed by atoms with E-state index in [1.165, 1.54) is 31.4 Å². The zero-order chi connectivity index (χ0) is 15.8. The van der Waals surface area contributed by atoms with E-state index in [-0.39, 0.29) is 6.04 Å². The average molecular weight is 294 g/mol. The molecule has 2 atom stereocenters. The Bertz CT molecular complexity index is 452. The van der Waals surface area contributed by atoms with Crippen LogP contribution in [0.4, 0.5) is 0 Å². The molecule has 6 nitrogen and oxygen atoms in total. The molecule has 0 bridgehead atoms. The predicted molar refractivity (Wildman–Crippen MR) is 78.9 cm³/mol. The fourth-order valence-corrected chi connectivity index (χ4v) is 2.45. The second-order valence-electron chi connectivity index (χ2n) is 5.09. The first-order chi connectivity index (χ1) is 9.93. The van der Waals surface area contributed by atoms with Crippen LogP contribution in [0.15, 0.2) is 30.3 Å². The number of nitrogens with zero attached hydrogens (tertiary/aromatic N) is 1. The van der Waals surface area contributed by atoms with Gasteiger partial charge in [-0.15, -0.1) is 0 Å². The van der Waals surface area contributed by atoms with Crippen LogP contribution in [-0.4, -0.2) is 46.7 Å². The Balaban J connectivity index is 0.000000315. The molecule has 0 aromatic heterocycles. The van der Waals surface area contributed by atoms with Gasteiger partial charge in [0, 0.05) is 12.1 Å². The summed E-state index contributed by atoms with van der Waals surface area (Å²) in [5.74, 6) is -3.65. The maximum atomic E-state index is 9.10. The SMILES string of the molecule is CN1CCCC[C@@H]1[C@H](N)c1ccccc1.O=C(O)C(=O)O. The molecule has 0 radical (unpaired) electrons. The van der Waals surface area contributed by atoms with Crippen LogP contribution in [0.2, 0.25) is 0 Å². The van der Waals surface area contributed by atoms with Crippen molar-refractivity contribution >= 4 is 11.9 Å². The molecule has 1 heterocycles. The van der Waals surface area contributed by atoms with E-state index in [2.05, 4.69) is 36.2 Å². The van der Waals surface area contributed by atoms with Crippen molar-refractivity contribution in [1.29, 1.82) is 0 Å². The lowest BCUT2D eigenvalue weighted by Gasteiger charge is -2.36. The van der Waals surface area contributed by atoms with Crippen LogP contribution in [0, 0.1) is 0 Å². The van der Waals surface area contributed by atoms with Crippen LogP contribution in [0.1, 0.15) is 30.9 Å². The summed E-state index contributed by atoms with van der Waals surface area (Å²) < 4.78 is 0. The van der Waals surface area contributed by atoms with Gasteiger partial charge in [0.2, 0.25) is 0 Å². The van der Waals surface area contributed by atoms with Crippen molar-refractivity contribution in [3.8, 4) is 0 Å². The number of carbonyl (C=O) groups is 2. The molecule has 1 aromatic carbocycles. The van der Waals surface area contributed by atoms with Crippen molar-refractivity contribution in [2.45, 2.75) is 31.3 Å². The van der Waals surface area contributed by atoms with E-state index in [1.807, 2.05) is 6.07 Å². The van der Waals surface area contributed by atoms with Gasteiger partial charge in [0.25, 0.3) is 0 Å². The minimum Gasteiger partial charge on any atom is -0.473 e. The lowest BCUT2D eigenvalue weighted by molar-refractivity contribution is -0.159. The zero-order valence-corrected chi connectivity index (χ0v) is 12.1. The van der Waals surface area contributed by atoms with E-state index >= 15 is 0 Å². The Labute approximate surface area is 124 Å². The topological polar surface area (TPSA) is 104 Å². The minimum atomic E-state index is -1.82. The number of rotatable bonds is 2. The molecule has 1 aliphatic heterocycles. The first-order valence-electron chi connectivity index (χ1n) is 6.90. The van der Waals surface area contributed by atoms with E-state index < -0.39 is 11.9 Å². The molecule has 116 valence electrons. The first kappa shape index (κ1) is 17.1. The van der Waals surface area contributed by atoms with Gasteiger partial charge in [-0.25, -0.2) is 9.59 Å². The molecule has 0 saturated carbocycles. The van der Waals surface area contributed by atoms with Gasteiger partial charge in [-0.1, -0.05) is 36.8 Å². The maximum absolute atomic E-state index is 9.10. The van der Waals surface area contributed by atoms with Crippen molar-refractivity contribution in [3.05, 3.63) is 35.9 Å². The monoisotopic (exact) mass is 294 g/mol. The Morgan fingerprint density at radius 3 is 2.24 bits per heavy atom. The van der Waals surface area contributed by atoms with Gasteiger partial charge in [0.1, 0.15) is 0 Å². The summed E-state index contributed by atoms with van der Waals surface area (Å²) in [6.07, 6.45) is 3.86. The molecule has 1 saturated heterocycles. The van der Waals surface area contributed by atoms with Gasteiger partial charge < -0.3 is 20.8 Å². The van der Waals surface area contributed by atoms with Gasteiger partial charge in [0.15, 0.2) is 0 Å². The summed E-state index contributed by atoms with van der Waals surface area (Å²) >= 11 is 0. The Kier molecular flexibility index (Phi) is 6.84. The van der Waals surface area contributed by atoms with Crippen LogP contribution in [-0.2, 0) is 9.59 Å². The molecule has 4 N–H and O–H groups in total. The van der Waals surface area contributed by atoms with E-state index in [1.54, 1.807) is 0 Å². The highest BCUT2D eigenvalue weighted by Crippen LogP contribution is 2.25. The van der Waals surface area contributed by atoms with Gasteiger partial charge >= 0.3 is 11.9 Å². The van der Waals surface area contributed by atoms with Crippen LogP contribution in [0.5, 0.6) is 0 Å². The maximum Gasteiger partial charge on any atom is 0.414 e. The van der Waals surface area contributed by atoms with Crippen LogP contribution >= 0.6 is 0 Å². The molecule has 1 aromatic rings. The summed E-state index contributed by atoms with van der Waals surface area (Å²) in [5.41, 5.74) is 7.58. The Morgan fingerprint density at radius 1 is 1.19 bits per heavy atom. The van der Waals surface area contributed by atoms with E-state index in [9.17, 15) is 0 Å². The highest BCUT2D eigenvalue weighted by Gasteiger charge is 2.25. The second-order valence-corrected chi connectivity index (χ2v) is 5.09. The summed E-state index contributed by atoms with van der Waals surface area (Å²) in [6, 6.07) is 11.1.